The van der Waals surface area contributed by atoms with Crippen LogP contribution in [0.15, 0.2) is 48.5 Å². The van der Waals surface area contributed by atoms with Gasteiger partial charge in [-0.15, -0.1) is 10.2 Å². The lowest BCUT2D eigenvalue weighted by Crippen LogP contribution is -2.40. The molecule has 1 fully saturated rings. The number of carbonyl (C=O) groups is 1. The molecule has 1 aromatic heterocycles. The molecule has 0 bridgehead atoms. The predicted molar refractivity (Wildman–Crippen MR) is 186 cm³/mol. The average molecular weight is 667 g/mol. The molecule has 6 N–H and O–H groups in total. The molecule has 3 aromatic rings. The number of nitrogens with zero attached hydrogens (tertiary/aromatic N) is 3. The van der Waals surface area contributed by atoms with Gasteiger partial charge in [0.15, 0.2) is 5.82 Å². The van der Waals surface area contributed by atoms with E-state index in [-0.39, 0.29) is 11.9 Å². The monoisotopic (exact) mass is 666 g/mol. The van der Waals surface area contributed by atoms with E-state index in [9.17, 15) is 4.79 Å². The molecule has 0 aliphatic carbocycles. The first-order valence-electron chi connectivity index (χ1n) is 17.2. The molecule has 1 saturated heterocycles. The number of hydrogen-bond acceptors (Lipinski definition) is 11. The van der Waals surface area contributed by atoms with Crippen LogP contribution in [0.4, 0.5) is 5.69 Å². The molecule has 264 valence electrons. The Bertz CT molecular complexity index is 1330. The zero-order valence-electron chi connectivity index (χ0n) is 28.4. The Morgan fingerprint density at radius 3 is 2.42 bits per heavy atom. The van der Waals surface area contributed by atoms with E-state index in [2.05, 4.69) is 31.5 Å². The third kappa shape index (κ3) is 13.5. The van der Waals surface area contributed by atoms with E-state index >= 15 is 0 Å². The van der Waals surface area contributed by atoms with Gasteiger partial charge in [-0.3, -0.25) is 10.1 Å². The number of amides is 1. The number of nitrogens with one attached hydrogen (secondary N) is 4. The summed E-state index contributed by atoms with van der Waals surface area (Å²) in [5.74, 6) is 2.44. The van der Waals surface area contributed by atoms with Crippen molar-refractivity contribution in [1.29, 1.82) is 0 Å². The Balaban J connectivity index is 1.06. The molecule has 0 saturated carbocycles. The van der Waals surface area contributed by atoms with E-state index in [1.54, 1.807) is 0 Å². The van der Waals surface area contributed by atoms with Crippen LogP contribution in [0.25, 0.3) is 0 Å². The lowest BCUT2D eigenvalue weighted by atomic mass is 10.1. The molecule has 1 unspecified atom stereocenters. The normalized spacial score (nSPS) is 14.6. The van der Waals surface area contributed by atoms with Gasteiger partial charge in [-0.25, -0.2) is 0 Å². The van der Waals surface area contributed by atoms with Crippen LogP contribution in [0.5, 0.6) is 5.75 Å². The van der Waals surface area contributed by atoms with Gasteiger partial charge in [0.05, 0.1) is 45.6 Å². The van der Waals surface area contributed by atoms with Crippen LogP contribution in [-0.2, 0) is 34.3 Å². The Hall–Kier alpha value is -3.59. The topological polar surface area (TPSA) is 159 Å². The summed E-state index contributed by atoms with van der Waals surface area (Å²) in [6.45, 7) is 7.76. The second-order valence-corrected chi connectivity index (χ2v) is 11.8. The molecule has 2 heterocycles. The lowest BCUT2D eigenvalue weighted by molar-refractivity contribution is 0.0137. The highest BCUT2D eigenvalue weighted by atomic mass is 16.5. The van der Waals surface area contributed by atoms with Crippen molar-refractivity contribution in [3.05, 3.63) is 71.3 Å². The Morgan fingerprint density at radius 1 is 0.896 bits per heavy atom. The third-order valence-corrected chi connectivity index (χ3v) is 8.01. The highest BCUT2D eigenvalue weighted by Crippen LogP contribution is 2.18. The van der Waals surface area contributed by atoms with Gasteiger partial charge in [0.2, 0.25) is 0 Å². The Kier molecular flexibility index (Phi) is 17.2. The molecule has 48 heavy (non-hydrogen) atoms. The SMILES string of the molecule is Cn1c(CNc2cccc(C(=O)NCc3cccc(OCCCCCCOCCOCCOCCCN)c3)c2)nnc1C1CCNCN1. The standard InChI is InChI=1S/C35H54N8O5/c1-43-33(41-42-34(43)32-13-15-37-27-40-32)26-38-30-11-7-10-29(24-30)35(44)39-25-28-9-6-12-31(23-28)48-18-5-3-2-4-16-45-19-21-47-22-20-46-17-8-14-36/h6-7,9-12,23-24,32,37-38,40H,2-5,8,13-22,25-27,36H2,1H3,(H,39,44). The maximum Gasteiger partial charge on any atom is 0.251 e. The van der Waals surface area contributed by atoms with Gasteiger partial charge >= 0.3 is 0 Å². The number of rotatable bonds is 24. The third-order valence-electron chi connectivity index (χ3n) is 8.01. The van der Waals surface area contributed by atoms with Gasteiger partial charge in [0.1, 0.15) is 11.6 Å². The van der Waals surface area contributed by atoms with Gasteiger partial charge in [-0.2, -0.15) is 0 Å². The number of nitrogens with two attached hydrogens (primary N) is 1. The van der Waals surface area contributed by atoms with Crippen molar-refractivity contribution in [2.45, 2.75) is 57.7 Å². The smallest absolute Gasteiger partial charge is 0.251 e. The Morgan fingerprint density at radius 2 is 1.65 bits per heavy atom. The summed E-state index contributed by atoms with van der Waals surface area (Å²) >= 11 is 0. The predicted octanol–water partition coefficient (Wildman–Crippen LogP) is 3.28. The van der Waals surface area contributed by atoms with Crippen molar-refractivity contribution in [2.75, 3.05) is 71.3 Å². The van der Waals surface area contributed by atoms with Gasteiger partial charge in [-0.05, 0) is 81.1 Å². The minimum atomic E-state index is -0.136. The van der Waals surface area contributed by atoms with Crippen molar-refractivity contribution in [2.24, 2.45) is 12.8 Å². The number of carbonyl (C=O) groups excluding carboxylic acids is 1. The molecular formula is C35H54N8O5. The minimum absolute atomic E-state index is 0.136. The number of aromatic nitrogens is 3. The summed E-state index contributed by atoms with van der Waals surface area (Å²) in [7, 11) is 1.99. The molecule has 0 radical (unpaired) electrons. The number of anilines is 1. The van der Waals surface area contributed by atoms with Gasteiger partial charge in [0.25, 0.3) is 5.91 Å². The van der Waals surface area contributed by atoms with Crippen molar-refractivity contribution in [3.8, 4) is 5.75 Å². The quantitative estimate of drug-likeness (QED) is 0.0894. The van der Waals surface area contributed by atoms with Gasteiger partial charge in [0, 0.05) is 44.7 Å². The second-order valence-electron chi connectivity index (χ2n) is 11.8. The van der Waals surface area contributed by atoms with Crippen molar-refractivity contribution >= 4 is 11.6 Å². The first kappa shape index (κ1) is 37.2. The summed E-state index contributed by atoms with van der Waals surface area (Å²) in [4.78, 5) is 13.0. The summed E-state index contributed by atoms with van der Waals surface area (Å²) in [6, 6.07) is 15.6. The second kappa shape index (κ2) is 22.1. The van der Waals surface area contributed by atoms with Crippen molar-refractivity contribution in [3.63, 3.8) is 0 Å². The van der Waals surface area contributed by atoms with E-state index in [1.807, 2.05) is 60.1 Å². The molecule has 1 aliphatic heterocycles. The minimum Gasteiger partial charge on any atom is -0.494 e. The summed E-state index contributed by atoms with van der Waals surface area (Å²) in [5, 5.41) is 21.9. The first-order chi connectivity index (χ1) is 23.6. The van der Waals surface area contributed by atoms with E-state index in [1.165, 1.54) is 0 Å². The molecule has 1 aliphatic rings. The number of ether oxygens (including phenoxy) is 4. The maximum atomic E-state index is 13.0. The highest BCUT2D eigenvalue weighted by molar-refractivity contribution is 5.95. The zero-order chi connectivity index (χ0) is 33.7. The first-order valence-corrected chi connectivity index (χ1v) is 17.2. The van der Waals surface area contributed by atoms with Crippen molar-refractivity contribution in [1.82, 2.24) is 30.7 Å². The summed E-state index contributed by atoms with van der Waals surface area (Å²) < 4.78 is 24.5. The fraction of sp³-hybridized carbons (Fsp3) is 0.571. The summed E-state index contributed by atoms with van der Waals surface area (Å²) in [5.41, 5.74) is 7.84. The number of benzene rings is 2. The Labute approximate surface area is 284 Å². The largest absolute Gasteiger partial charge is 0.494 e. The van der Waals surface area contributed by atoms with Crippen molar-refractivity contribution < 1.29 is 23.7 Å². The number of hydrogen-bond donors (Lipinski definition) is 5. The summed E-state index contributed by atoms with van der Waals surface area (Å²) in [6.07, 6.45) is 6.03. The molecule has 13 nitrogen and oxygen atoms in total. The van der Waals surface area contributed by atoms with Gasteiger partial charge < -0.3 is 45.2 Å². The van der Waals surface area contributed by atoms with E-state index in [0.717, 1.165) is 87.0 Å². The highest BCUT2D eigenvalue weighted by Gasteiger charge is 2.21. The molecule has 13 heteroatoms. The van der Waals surface area contributed by atoms with E-state index in [4.69, 9.17) is 24.7 Å². The molecule has 0 spiro atoms. The maximum absolute atomic E-state index is 13.0. The van der Waals surface area contributed by atoms with Crippen LogP contribution < -0.4 is 31.7 Å². The van der Waals surface area contributed by atoms with Crippen LogP contribution in [0.2, 0.25) is 0 Å². The number of unbranched alkanes of at least 4 members (excludes halogenated alkanes) is 3. The van der Waals surface area contributed by atoms with E-state index in [0.29, 0.717) is 64.8 Å². The fourth-order valence-corrected chi connectivity index (χ4v) is 5.24. The average Bonchev–Trinajstić information content (AvgIpc) is 3.49. The zero-order valence-corrected chi connectivity index (χ0v) is 28.4. The fourth-order valence-electron chi connectivity index (χ4n) is 5.24. The van der Waals surface area contributed by atoms with Crippen LogP contribution in [0.1, 0.15) is 72.1 Å². The van der Waals surface area contributed by atoms with Crippen LogP contribution >= 0.6 is 0 Å². The molecule has 4 rings (SSSR count). The van der Waals surface area contributed by atoms with Crippen LogP contribution in [0, 0.1) is 0 Å². The molecule has 2 aromatic carbocycles. The van der Waals surface area contributed by atoms with Crippen LogP contribution in [0.3, 0.4) is 0 Å². The molecular weight excluding hydrogens is 612 g/mol. The van der Waals surface area contributed by atoms with Gasteiger partial charge in [-0.1, -0.05) is 24.6 Å². The lowest BCUT2D eigenvalue weighted by Gasteiger charge is -2.23. The molecule has 1 atom stereocenters. The van der Waals surface area contributed by atoms with Crippen LogP contribution in [-0.4, -0.2) is 86.7 Å². The molecule has 1 amide bonds. The van der Waals surface area contributed by atoms with E-state index < -0.39 is 0 Å².